The fraction of sp³-hybridized carbons (Fsp3) is 0.263. The summed E-state index contributed by atoms with van der Waals surface area (Å²) in [4.78, 5) is 20.6. The maximum absolute atomic E-state index is 11.6. The number of nitrogens with one attached hydrogen (secondary N) is 1. The average Bonchev–Trinajstić information content (AvgIpc) is 2.97. The van der Waals surface area contributed by atoms with Gasteiger partial charge in [0, 0.05) is 12.1 Å². The molecule has 0 spiro atoms. The second kappa shape index (κ2) is 6.84. The Hall–Kier alpha value is -3.02. The first-order valence-electron chi connectivity index (χ1n) is 8.19. The fourth-order valence-corrected chi connectivity index (χ4v) is 2.77. The number of benzene rings is 1. The number of rotatable bonds is 5. The van der Waals surface area contributed by atoms with Crippen molar-refractivity contribution in [3.8, 4) is 5.82 Å². The molecule has 0 bridgehead atoms. The lowest BCUT2D eigenvalue weighted by atomic mass is 10.1. The maximum atomic E-state index is 11.6. The molecule has 0 unspecified atom stereocenters. The molecule has 1 atom stereocenters. The van der Waals surface area contributed by atoms with Crippen molar-refractivity contribution in [3.05, 3.63) is 65.2 Å². The van der Waals surface area contributed by atoms with Crippen molar-refractivity contribution < 1.29 is 4.79 Å². The zero-order valence-electron chi connectivity index (χ0n) is 14.8. The maximum Gasteiger partial charge on any atom is 0.163 e. The van der Waals surface area contributed by atoms with Gasteiger partial charge in [-0.05, 0) is 33.3 Å². The van der Waals surface area contributed by atoms with Crippen LogP contribution in [-0.4, -0.2) is 25.5 Å². The van der Waals surface area contributed by atoms with Crippen LogP contribution in [0.4, 0.5) is 5.82 Å². The number of Topliss-reactive ketones (excluding diaryl/α,β-unsaturated/α-hetero) is 1. The molecule has 1 aromatic carbocycles. The molecule has 0 aliphatic heterocycles. The van der Waals surface area contributed by atoms with E-state index in [4.69, 9.17) is 0 Å². The highest BCUT2D eigenvalue weighted by Crippen LogP contribution is 2.20. The van der Waals surface area contributed by atoms with E-state index in [1.165, 1.54) is 12.5 Å². The molecule has 0 aliphatic rings. The third kappa shape index (κ3) is 3.57. The SMILES string of the molecule is CC(=O)c1cnn(-c2cc(N[C@@H](C)c3ccccc3)nc(C)n2)c1C. The van der Waals surface area contributed by atoms with Gasteiger partial charge in [-0.25, -0.2) is 14.6 Å². The standard InChI is InChI=1S/C19H21N5O/c1-12(16-8-6-5-7-9-16)21-18-10-19(23-15(4)22-18)24-13(2)17(11-20-24)14(3)25/h5-12H,1-4H3,(H,21,22,23)/t12-/m0/s1. The summed E-state index contributed by atoms with van der Waals surface area (Å²) in [6.45, 7) is 7.32. The summed E-state index contributed by atoms with van der Waals surface area (Å²) < 4.78 is 1.67. The summed E-state index contributed by atoms with van der Waals surface area (Å²) in [5, 5.41) is 7.70. The molecular formula is C19H21N5O. The minimum absolute atomic E-state index is 0.00873. The zero-order valence-corrected chi connectivity index (χ0v) is 14.8. The van der Waals surface area contributed by atoms with E-state index in [9.17, 15) is 4.79 Å². The van der Waals surface area contributed by atoms with Crippen molar-refractivity contribution >= 4 is 11.6 Å². The van der Waals surface area contributed by atoms with Gasteiger partial charge in [-0.3, -0.25) is 4.79 Å². The van der Waals surface area contributed by atoms with Gasteiger partial charge in [0.25, 0.3) is 0 Å². The molecule has 128 valence electrons. The first-order valence-corrected chi connectivity index (χ1v) is 8.19. The highest BCUT2D eigenvalue weighted by Gasteiger charge is 2.14. The van der Waals surface area contributed by atoms with Gasteiger partial charge in [0.15, 0.2) is 11.6 Å². The smallest absolute Gasteiger partial charge is 0.163 e. The van der Waals surface area contributed by atoms with Gasteiger partial charge in [-0.1, -0.05) is 30.3 Å². The number of aryl methyl sites for hydroxylation is 1. The van der Waals surface area contributed by atoms with Gasteiger partial charge in [-0.15, -0.1) is 0 Å². The van der Waals surface area contributed by atoms with Crippen LogP contribution in [0, 0.1) is 13.8 Å². The molecule has 3 rings (SSSR count). The van der Waals surface area contributed by atoms with Crippen LogP contribution in [0.25, 0.3) is 5.82 Å². The number of ketones is 1. The molecule has 6 nitrogen and oxygen atoms in total. The van der Waals surface area contributed by atoms with Crippen LogP contribution in [0.5, 0.6) is 0 Å². The van der Waals surface area contributed by atoms with E-state index in [-0.39, 0.29) is 11.8 Å². The summed E-state index contributed by atoms with van der Waals surface area (Å²) in [6, 6.07) is 12.1. The third-order valence-electron chi connectivity index (χ3n) is 4.09. The van der Waals surface area contributed by atoms with Crippen molar-refractivity contribution in [2.24, 2.45) is 0 Å². The van der Waals surface area contributed by atoms with Gasteiger partial charge in [0.1, 0.15) is 11.6 Å². The highest BCUT2D eigenvalue weighted by molar-refractivity contribution is 5.95. The zero-order chi connectivity index (χ0) is 18.0. The summed E-state index contributed by atoms with van der Waals surface area (Å²) in [5.41, 5.74) is 2.55. The number of carbonyl (C=O) groups is 1. The molecule has 0 saturated carbocycles. The Bertz CT molecular complexity index is 901. The van der Waals surface area contributed by atoms with Crippen molar-refractivity contribution in [1.82, 2.24) is 19.7 Å². The largest absolute Gasteiger partial charge is 0.363 e. The normalized spacial score (nSPS) is 12.0. The Labute approximate surface area is 146 Å². The van der Waals surface area contributed by atoms with Crippen LogP contribution >= 0.6 is 0 Å². The molecule has 25 heavy (non-hydrogen) atoms. The van der Waals surface area contributed by atoms with Crippen molar-refractivity contribution in [2.45, 2.75) is 33.7 Å². The summed E-state index contributed by atoms with van der Waals surface area (Å²) in [5.74, 6) is 1.99. The topological polar surface area (TPSA) is 72.7 Å². The van der Waals surface area contributed by atoms with Gasteiger partial charge in [-0.2, -0.15) is 5.10 Å². The van der Waals surface area contributed by atoms with Crippen LogP contribution in [0.2, 0.25) is 0 Å². The first kappa shape index (κ1) is 16.8. The number of nitrogens with zero attached hydrogens (tertiary/aromatic N) is 4. The minimum Gasteiger partial charge on any atom is -0.363 e. The van der Waals surface area contributed by atoms with E-state index in [1.807, 2.05) is 38.1 Å². The predicted octanol–water partition coefficient (Wildman–Crippen LogP) is 3.65. The molecule has 3 aromatic rings. The second-order valence-corrected chi connectivity index (χ2v) is 6.05. The summed E-state index contributed by atoms with van der Waals surface area (Å²) in [7, 11) is 0. The lowest BCUT2D eigenvalue weighted by Crippen LogP contribution is -2.11. The Morgan fingerprint density at radius 3 is 2.52 bits per heavy atom. The number of hydrogen-bond acceptors (Lipinski definition) is 5. The average molecular weight is 335 g/mol. The van der Waals surface area contributed by atoms with Gasteiger partial charge in [0.05, 0.1) is 17.5 Å². The Balaban J connectivity index is 1.92. The van der Waals surface area contributed by atoms with Crippen LogP contribution in [0.1, 0.15) is 47.3 Å². The molecule has 0 fully saturated rings. The van der Waals surface area contributed by atoms with E-state index >= 15 is 0 Å². The summed E-state index contributed by atoms with van der Waals surface area (Å²) >= 11 is 0. The summed E-state index contributed by atoms with van der Waals surface area (Å²) in [6.07, 6.45) is 1.58. The lowest BCUT2D eigenvalue weighted by Gasteiger charge is -2.16. The molecule has 0 amide bonds. The lowest BCUT2D eigenvalue weighted by molar-refractivity contribution is 0.101. The number of hydrogen-bond donors (Lipinski definition) is 1. The molecule has 6 heteroatoms. The molecular weight excluding hydrogens is 314 g/mol. The van der Waals surface area contributed by atoms with Crippen LogP contribution < -0.4 is 5.32 Å². The van der Waals surface area contributed by atoms with Gasteiger partial charge >= 0.3 is 0 Å². The Morgan fingerprint density at radius 2 is 1.88 bits per heavy atom. The second-order valence-electron chi connectivity index (χ2n) is 6.05. The van der Waals surface area contributed by atoms with Crippen LogP contribution in [-0.2, 0) is 0 Å². The number of anilines is 1. The molecule has 2 aromatic heterocycles. The predicted molar refractivity (Wildman–Crippen MR) is 97.1 cm³/mol. The van der Waals surface area contributed by atoms with Crippen LogP contribution in [0.15, 0.2) is 42.6 Å². The molecule has 0 radical (unpaired) electrons. The fourth-order valence-electron chi connectivity index (χ4n) is 2.77. The third-order valence-corrected chi connectivity index (χ3v) is 4.09. The van der Waals surface area contributed by atoms with E-state index in [0.717, 1.165) is 11.5 Å². The Kier molecular flexibility index (Phi) is 4.61. The van der Waals surface area contributed by atoms with E-state index in [0.29, 0.717) is 17.2 Å². The molecule has 0 aliphatic carbocycles. The number of aromatic nitrogens is 4. The quantitative estimate of drug-likeness (QED) is 0.721. The Morgan fingerprint density at radius 1 is 1.16 bits per heavy atom. The molecule has 2 heterocycles. The van der Waals surface area contributed by atoms with E-state index < -0.39 is 0 Å². The van der Waals surface area contributed by atoms with E-state index in [2.05, 4.69) is 39.4 Å². The van der Waals surface area contributed by atoms with E-state index in [1.54, 1.807) is 10.9 Å². The van der Waals surface area contributed by atoms with Crippen LogP contribution in [0.3, 0.4) is 0 Å². The molecule has 1 N–H and O–H groups in total. The highest BCUT2D eigenvalue weighted by atomic mass is 16.1. The van der Waals surface area contributed by atoms with Crippen molar-refractivity contribution in [2.75, 3.05) is 5.32 Å². The van der Waals surface area contributed by atoms with Crippen molar-refractivity contribution in [1.29, 1.82) is 0 Å². The minimum atomic E-state index is -0.00873. The van der Waals surface area contributed by atoms with Gasteiger partial charge in [0.2, 0.25) is 0 Å². The van der Waals surface area contributed by atoms with Crippen molar-refractivity contribution in [3.63, 3.8) is 0 Å². The number of carbonyl (C=O) groups excluding carboxylic acids is 1. The monoisotopic (exact) mass is 335 g/mol. The first-order chi connectivity index (χ1) is 12.0. The molecule has 0 saturated heterocycles. The van der Waals surface area contributed by atoms with Gasteiger partial charge < -0.3 is 5.32 Å².